The minimum absolute atomic E-state index is 0. The molecular weight excluding hydrogens is 289 g/mol. The Bertz CT molecular complexity index is 139. The summed E-state index contributed by atoms with van der Waals surface area (Å²) in [5.74, 6) is 0.511. The van der Waals surface area contributed by atoms with Crippen LogP contribution < -0.4 is 0 Å². The molecule has 0 aliphatic heterocycles. The van der Waals surface area contributed by atoms with Gasteiger partial charge in [-0.05, 0) is 13.3 Å². The Kier molecular flexibility index (Phi) is 25.7. The Labute approximate surface area is 133 Å². The van der Waals surface area contributed by atoms with E-state index in [1.165, 1.54) is 12.8 Å². The molecule has 0 aromatic heterocycles. The zero-order chi connectivity index (χ0) is 12.8. The van der Waals surface area contributed by atoms with Crippen molar-refractivity contribution < 1.29 is 42.6 Å². The normalized spacial score (nSPS) is 10.9. The van der Waals surface area contributed by atoms with Gasteiger partial charge in [-0.15, -0.1) is 0 Å². The minimum Gasteiger partial charge on any atom is -0.428 e. The summed E-state index contributed by atoms with van der Waals surface area (Å²) in [5, 5.41) is 8.59. The van der Waals surface area contributed by atoms with Crippen LogP contribution in [0.25, 0.3) is 0 Å². The smallest absolute Gasteiger partial charge is 0.132 e. The summed E-state index contributed by atoms with van der Waals surface area (Å²) in [6.07, 6.45) is 8.17. The summed E-state index contributed by atoms with van der Waals surface area (Å²) in [6.45, 7) is 11.0. The average Bonchev–Trinajstić information content (AvgIpc) is 2.30. The molecule has 0 heterocycles. The quantitative estimate of drug-likeness (QED) is 0.524. The van der Waals surface area contributed by atoms with Gasteiger partial charge in [0.1, 0.15) is 5.78 Å². The largest absolute Gasteiger partial charge is 0.428 e. The second kappa shape index (κ2) is 19.1. The van der Waals surface area contributed by atoms with Crippen LogP contribution in [0.15, 0.2) is 0 Å². The van der Waals surface area contributed by atoms with Crippen molar-refractivity contribution in [2.24, 2.45) is 5.92 Å². The summed E-state index contributed by atoms with van der Waals surface area (Å²) in [5.41, 5.74) is 0. The molecule has 0 aromatic carbocycles. The Morgan fingerprint density at radius 2 is 1.94 bits per heavy atom. The van der Waals surface area contributed by atoms with E-state index in [2.05, 4.69) is 20.8 Å². The number of carbonyl (C=O) groups is 1. The molecule has 17 heavy (non-hydrogen) atoms. The van der Waals surface area contributed by atoms with Crippen molar-refractivity contribution in [2.75, 3.05) is 6.61 Å². The van der Waals surface area contributed by atoms with Gasteiger partial charge in [-0.1, -0.05) is 39.2 Å². The van der Waals surface area contributed by atoms with E-state index < -0.39 is 0 Å². The third-order valence-electron chi connectivity index (χ3n) is 2.58. The molecule has 3 radical (unpaired) electrons. The van der Waals surface area contributed by atoms with Crippen LogP contribution in [0, 0.1) is 26.2 Å². The SMILES string of the molecule is CCCCCC(CC[CH-]CO)C(C)=O.[CH][CH2-].[Y]. The number of ketones is 1. The number of rotatable bonds is 9. The number of aliphatic hydroxyl groups is 1. The fraction of sp³-hybridized carbons (Fsp3) is 0.714. The second-order valence-electron chi connectivity index (χ2n) is 3.85. The summed E-state index contributed by atoms with van der Waals surface area (Å²) in [6, 6.07) is 0. The van der Waals surface area contributed by atoms with Crippen molar-refractivity contribution in [3.63, 3.8) is 0 Å². The first-order valence-corrected chi connectivity index (χ1v) is 6.06. The van der Waals surface area contributed by atoms with Crippen LogP contribution in [0.4, 0.5) is 0 Å². The van der Waals surface area contributed by atoms with E-state index in [1.54, 1.807) is 6.92 Å². The van der Waals surface area contributed by atoms with E-state index in [0.717, 1.165) is 25.7 Å². The number of aliphatic hydroxyl groups excluding tert-OH is 1. The predicted molar refractivity (Wildman–Crippen MR) is 68.6 cm³/mol. The topological polar surface area (TPSA) is 37.3 Å². The van der Waals surface area contributed by atoms with Crippen molar-refractivity contribution in [3.05, 3.63) is 20.3 Å². The van der Waals surface area contributed by atoms with Crippen molar-refractivity contribution in [1.29, 1.82) is 0 Å². The molecule has 3 heteroatoms. The molecule has 0 saturated carbocycles. The molecule has 0 saturated heterocycles. The molecule has 1 N–H and O–H groups in total. The summed E-state index contributed by atoms with van der Waals surface area (Å²) in [4.78, 5) is 11.3. The number of carbonyl (C=O) groups excluding carboxylic acids is 1. The third kappa shape index (κ3) is 16.7. The fourth-order valence-corrected chi connectivity index (χ4v) is 1.60. The van der Waals surface area contributed by atoms with Crippen LogP contribution in [0.1, 0.15) is 52.4 Å². The van der Waals surface area contributed by atoms with Gasteiger partial charge in [-0.25, -0.2) is 6.92 Å². The summed E-state index contributed by atoms with van der Waals surface area (Å²) in [7, 11) is 0. The van der Waals surface area contributed by atoms with Crippen LogP contribution >= 0.6 is 0 Å². The molecule has 2 nitrogen and oxygen atoms in total. The Balaban J connectivity index is -0.000000616. The molecule has 0 bridgehead atoms. The molecule has 0 fully saturated rings. The first-order chi connectivity index (χ1) is 7.72. The molecule has 0 rings (SSSR count). The van der Waals surface area contributed by atoms with E-state index in [4.69, 9.17) is 5.11 Å². The first-order valence-electron chi connectivity index (χ1n) is 6.06. The van der Waals surface area contributed by atoms with Gasteiger partial charge in [0, 0.05) is 38.6 Å². The molecule has 99 valence electrons. The van der Waals surface area contributed by atoms with Gasteiger partial charge in [0.2, 0.25) is 0 Å². The van der Waals surface area contributed by atoms with Crippen LogP contribution in [0.5, 0.6) is 0 Å². The first kappa shape index (κ1) is 22.9. The van der Waals surface area contributed by atoms with Crippen molar-refractivity contribution in [2.45, 2.75) is 52.4 Å². The second-order valence-corrected chi connectivity index (χ2v) is 3.85. The minimum atomic E-state index is 0. The fourth-order valence-electron chi connectivity index (χ4n) is 1.60. The van der Waals surface area contributed by atoms with Crippen LogP contribution in [-0.2, 0) is 37.5 Å². The maximum atomic E-state index is 11.3. The van der Waals surface area contributed by atoms with Gasteiger partial charge in [-0.3, -0.25) is 4.79 Å². The molecule has 1 unspecified atom stereocenters. The Hall–Kier alpha value is 0.734. The van der Waals surface area contributed by atoms with Gasteiger partial charge in [0.05, 0.1) is 0 Å². The van der Waals surface area contributed by atoms with Gasteiger partial charge < -0.3 is 18.5 Å². The maximum Gasteiger partial charge on any atom is 0.132 e. The summed E-state index contributed by atoms with van der Waals surface area (Å²) < 4.78 is 0. The van der Waals surface area contributed by atoms with Crippen LogP contribution in [0.2, 0.25) is 0 Å². The molecule has 0 amide bonds. The van der Waals surface area contributed by atoms with Crippen LogP contribution in [0.3, 0.4) is 0 Å². The molecular formula is C14H26O2Y-2. The Morgan fingerprint density at radius 3 is 2.35 bits per heavy atom. The van der Waals surface area contributed by atoms with Gasteiger partial charge in [0.15, 0.2) is 0 Å². The standard InChI is InChI=1S/C12H23O2.C2H3.Y/c1-3-4-5-8-12(11(2)14)9-6-7-10-13;1-2;/h7,12-13H,3-6,8-10H2,1-2H3;1H,2H2;/q2*-1;. The van der Waals surface area contributed by atoms with E-state index >= 15 is 0 Å². The maximum absolute atomic E-state index is 11.3. The third-order valence-corrected chi connectivity index (χ3v) is 2.58. The van der Waals surface area contributed by atoms with E-state index in [0.29, 0.717) is 5.78 Å². The summed E-state index contributed by atoms with van der Waals surface area (Å²) >= 11 is 0. The molecule has 0 aliphatic carbocycles. The number of hydrogen-bond acceptors (Lipinski definition) is 2. The van der Waals surface area contributed by atoms with Gasteiger partial charge in [0.25, 0.3) is 0 Å². The molecule has 0 aromatic rings. The Morgan fingerprint density at radius 1 is 1.35 bits per heavy atom. The van der Waals surface area contributed by atoms with Gasteiger partial charge >= 0.3 is 0 Å². The van der Waals surface area contributed by atoms with E-state index in [-0.39, 0.29) is 45.2 Å². The van der Waals surface area contributed by atoms with Crippen molar-refractivity contribution >= 4 is 5.78 Å². The van der Waals surface area contributed by atoms with E-state index in [9.17, 15) is 4.79 Å². The number of unbranched alkanes of at least 4 members (excludes halogenated alkanes) is 3. The molecule has 0 spiro atoms. The monoisotopic (exact) mass is 315 g/mol. The average molecular weight is 315 g/mol. The zero-order valence-electron chi connectivity index (χ0n) is 11.3. The zero-order valence-corrected chi connectivity index (χ0v) is 14.2. The van der Waals surface area contributed by atoms with Crippen molar-refractivity contribution in [1.82, 2.24) is 0 Å². The van der Waals surface area contributed by atoms with Crippen molar-refractivity contribution in [3.8, 4) is 0 Å². The molecule has 1 atom stereocenters. The predicted octanol–water partition coefficient (Wildman–Crippen LogP) is 3.28. The number of Topliss-reactive ketones (excluding diaryl/α,β-unsaturated/α-hetero) is 1. The van der Waals surface area contributed by atoms with Crippen LogP contribution in [-0.4, -0.2) is 17.5 Å². The number of hydrogen-bond donors (Lipinski definition) is 1. The van der Waals surface area contributed by atoms with E-state index in [1.807, 2.05) is 6.42 Å². The molecule has 0 aliphatic rings. The van der Waals surface area contributed by atoms with Gasteiger partial charge in [-0.2, -0.15) is 6.42 Å².